The minimum atomic E-state index is 0.116. The molecule has 1 N–H and O–H groups in total. The highest BCUT2D eigenvalue weighted by Gasteiger charge is 2.37. The first-order valence-electron chi connectivity index (χ1n) is 8.14. The van der Waals surface area contributed by atoms with Gasteiger partial charge in [-0.3, -0.25) is 4.79 Å². The Hall–Kier alpha value is -1.58. The molecule has 116 valence electrons. The zero-order valence-electron chi connectivity index (χ0n) is 13.5. The van der Waals surface area contributed by atoms with Crippen LogP contribution in [-0.2, 0) is 0 Å². The quantitative estimate of drug-likeness (QED) is 0.871. The lowest BCUT2D eigenvalue weighted by molar-refractivity contribution is 0.0770. The first-order chi connectivity index (χ1) is 10.2. The van der Waals surface area contributed by atoms with Gasteiger partial charge in [0, 0.05) is 25.8 Å². The van der Waals surface area contributed by atoms with Gasteiger partial charge in [-0.05, 0) is 43.2 Å². The van der Waals surface area contributed by atoms with E-state index >= 15 is 0 Å². The Balaban J connectivity index is 2.14. The first-order valence-corrected chi connectivity index (χ1v) is 8.14. The third kappa shape index (κ3) is 3.36. The molecule has 0 bridgehead atoms. The third-order valence-electron chi connectivity index (χ3n) is 4.81. The van der Waals surface area contributed by atoms with Crippen LogP contribution in [0.1, 0.15) is 56.8 Å². The number of anilines is 1. The molecule has 1 aliphatic heterocycles. The van der Waals surface area contributed by atoms with Crippen molar-refractivity contribution >= 4 is 11.7 Å². The largest absolute Gasteiger partial charge is 0.369 e. The summed E-state index contributed by atoms with van der Waals surface area (Å²) in [6.07, 6.45) is 6.15. The van der Waals surface area contributed by atoms with Crippen molar-refractivity contribution in [3.8, 4) is 0 Å². The highest BCUT2D eigenvalue weighted by molar-refractivity contribution is 5.98. The van der Waals surface area contributed by atoms with Crippen molar-refractivity contribution in [3.63, 3.8) is 0 Å². The number of likely N-dealkylation sites (tertiary alicyclic amines) is 1. The number of pyridine rings is 1. The van der Waals surface area contributed by atoms with Crippen molar-refractivity contribution in [1.82, 2.24) is 9.88 Å². The fraction of sp³-hybridized carbons (Fsp3) is 0.647. The van der Waals surface area contributed by atoms with Crippen LogP contribution in [0.5, 0.6) is 0 Å². The number of rotatable bonds is 6. The van der Waals surface area contributed by atoms with Crippen LogP contribution in [0.4, 0.5) is 5.82 Å². The van der Waals surface area contributed by atoms with Gasteiger partial charge in [0.15, 0.2) is 0 Å². The van der Waals surface area contributed by atoms with E-state index in [-0.39, 0.29) is 5.91 Å². The zero-order chi connectivity index (χ0) is 15.3. The average Bonchev–Trinajstić information content (AvgIpc) is 2.98. The standard InChI is InChI=1S/C17H27N3O/c1-4-10-18-15-14(8-7-11-19-15)16(21)20-12-9-17(5-2,6-3)13-20/h7-8,11H,4-6,9-10,12-13H2,1-3H3,(H,18,19). The lowest BCUT2D eigenvalue weighted by Crippen LogP contribution is -2.32. The summed E-state index contributed by atoms with van der Waals surface area (Å²) in [7, 11) is 0. The van der Waals surface area contributed by atoms with Crippen LogP contribution in [0.3, 0.4) is 0 Å². The highest BCUT2D eigenvalue weighted by Crippen LogP contribution is 2.37. The second-order valence-electron chi connectivity index (χ2n) is 6.01. The van der Waals surface area contributed by atoms with Gasteiger partial charge in [0.1, 0.15) is 5.82 Å². The van der Waals surface area contributed by atoms with Gasteiger partial charge in [0.25, 0.3) is 5.91 Å². The average molecular weight is 289 g/mol. The maximum atomic E-state index is 12.8. The Bertz CT molecular complexity index is 483. The fourth-order valence-electron chi connectivity index (χ4n) is 3.07. The molecule has 1 saturated heterocycles. The van der Waals surface area contributed by atoms with Crippen molar-refractivity contribution in [2.24, 2.45) is 5.41 Å². The Labute approximate surface area is 127 Å². The molecular formula is C17H27N3O. The summed E-state index contributed by atoms with van der Waals surface area (Å²) in [5, 5.41) is 3.26. The molecule has 21 heavy (non-hydrogen) atoms. The van der Waals surface area contributed by atoms with Gasteiger partial charge in [-0.25, -0.2) is 4.98 Å². The molecule has 0 aliphatic carbocycles. The van der Waals surface area contributed by atoms with Crippen LogP contribution in [-0.4, -0.2) is 35.4 Å². The van der Waals surface area contributed by atoms with Gasteiger partial charge in [-0.1, -0.05) is 20.8 Å². The minimum Gasteiger partial charge on any atom is -0.369 e. The molecule has 1 aliphatic rings. The summed E-state index contributed by atoms with van der Waals surface area (Å²) >= 11 is 0. The molecule has 0 unspecified atom stereocenters. The number of nitrogens with zero attached hydrogens (tertiary/aromatic N) is 2. The van der Waals surface area contributed by atoms with Crippen molar-refractivity contribution in [3.05, 3.63) is 23.9 Å². The lowest BCUT2D eigenvalue weighted by atomic mass is 9.82. The van der Waals surface area contributed by atoms with Gasteiger partial charge >= 0.3 is 0 Å². The molecule has 4 heteroatoms. The summed E-state index contributed by atoms with van der Waals surface area (Å²) in [4.78, 5) is 19.1. The SMILES string of the molecule is CCCNc1ncccc1C(=O)N1CCC(CC)(CC)C1. The van der Waals surface area contributed by atoms with Crippen molar-refractivity contribution < 1.29 is 4.79 Å². The van der Waals surface area contributed by atoms with Crippen LogP contribution in [0.2, 0.25) is 0 Å². The van der Waals surface area contributed by atoms with E-state index < -0.39 is 0 Å². The van der Waals surface area contributed by atoms with Gasteiger partial charge in [-0.2, -0.15) is 0 Å². The van der Waals surface area contributed by atoms with E-state index in [4.69, 9.17) is 0 Å². The van der Waals surface area contributed by atoms with E-state index in [0.717, 1.165) is 51.1 Å². The van der Waals surface area contributed by atoms with Crippen LogP contribution >= 0.6 is 0 Å². The van der Waals surface area contributed by atoms with Crippen molar-refractivity contribution in [2.45, 2.75) is 46.5 Å². The van der Waals surface area contributed by atoms with E-state index in [1.54, 1.807) is 6.20 Å². The van der Waals surface area contributed by atoms with Gasteiger partial charge in [0.2, 0.25) is 0 Å². The van der Waals surface area contributed by atoms with E-state index in [1.807, 2.05) is 17.0 Å². The molecule has 0 radical (unpaired) electrons. The summed E-state index contributed by atoms with van der Waals surface area (Å²) in [5.41, 5.74) is 1.02. The molecule has 0 spiro atoms. The molecule has 0 atom stereocenters. The maximum absolute atomic E-state index is 12.8. The third-order valence-corrected chi connectivity index (χ3v) is 4.81. The molecule has 4 nitrogen and oxygen atoms in total. The Morgan fingerprint density at radius 1 is 1.38 bits per heavy atom. The predicted molar refractivity (Wildman–Crippen MR) is 86.6 cm³/mol. The summed E-state index contributed by atoms with van der Waals surface area (Å²) in [6.45, 7) is 9.15. The molecule has 0 saturated carbocycles. The molecular weight excluding hydrogens is 262 g/mol. The maximum Gasteiger partial charge on any atom is 0.257 e. The molecule has 1 aromatic rings. The van der Waals surface area contributed by atoms with E-state index in [1.165, 1.54) is 0 Å². The zero-order valence-corrected chi connectivity index (χ0v) is 13.5. The summed E-state index contributed by atoms with van der Waals surface area (Å²) in [5.74, 6) is 0.834. The molecule has 1 amide bonds. The second-order valence-corrected chi connectivity index (χ2v) is 6.01. The van der Waals surface area contributed by atoms with Crippen LogP contribution in [0, 0.1) is 5.41 Å². The number of carbonyl (C=O) groups is 1. The number of aromatic nitrogens is 1. The summed E-state index contributed by atoms with van der Waals surface area (Å²) < 4.78 is 0. The lowest BCUT2D eigenvalue weighted by Gasteiger charge is -2.26. The van der Waals surface area contributed by atoms with E-state index in [0.29, 0.717) is 11.0 Å². The van der Waals surface area contributed by atoms with Crippen LogP contribution < -0.4 is 5.32 Å². The first kappa shape index (κ1) is 15.8. The minimum absolute atomic E-state index is 0.116. The van der Waals surface area contributed by atoms with E-state index in [9.17, 15) is 4.79 Å². The molecule has 1 fully saturated rings. The van der Waals surface area contributed by atoms with Crippen molar-refractivity contribution in [2.75, 3.05) is 25.0 Å². The Kier molecular flexibility index (Phi) is 5.21. The molecule has 2 heterocycles. The molecule has 0 aromatic carbocycles. The second kappa shape index (κ2) is 6.92. The normalized spacial score (nSPS) is 17.0. The fourth-order valence-corrected chi connectivity index (χ4v) is 3.07. The topological polar surface area (TPSA) is 45.2 Å². The number of hydrogen-bond acceptors (Lipinski definition) is 3. The number of hydrogen-bond donors (Lipinski definition) is 1. The Morgan fingerprint density at radius 3 is 2.76 bits per heavy atom. The monoisotopic (exact) mass is 289 g/mol. The number of amides is 1. The predicted octanol–water partition coefficient (Wildman–Crippen LogP) is 3.56. The van der Waals surface area contributed by atoms with Crippen LogP contribution in [0.15, 0.2) is 18.3 Å². The van der Waals surface area contributed by atoms with E-state index in [2.05, 4.69) is 31.1 Å². The van der Waals surface area contributed by atoms with Crippen LogP contribution in [0.25, 0.3) is 0 Å². The highest BCUT2D eigenvalue weighted by atomic mass is 16.2. The molecule has 2 rings (SSSR count). The van der Waals surface area contributed by atoms with Gasteiger partial charge in [-0.15, -0.1) is 0 Å². The van der Waals surface area contributed by atoms with Gasteiger partial charge in [0.05, 0.1) is 5.56 Å². The van der Waals surface area contributed by atoms with Gasteiger partial charge < -0.3 is 10.2 Å². The number of nitrogens with one attached hydrogen (secondary N) is 1. The summed E-state index contributed by atoms with van der Waals surface area (Å²) in [6, 6.07) is 3.72. The number of carbonyl (C=O) groups excluding carboxylic acids is 1. The molecule has 1 aromatic heterocycles. The smallest absolute Gasteiger partial charge is 0.257 e. The van der Waals surface area contributed by atoms with Crippen molar-refractivity contribution in [1.29, 1.82) is 0 Å². The Morgan fingerprint density at radius 2 is 2.14 bits per heavy atom.